The van der Waals surface area contributed by atoms with Crippen LogP contribution in [0.2, 0.25) is 0 Å². The molecule has 292 valence electrons. The summed E-state index contributed by atoms with van der Waals surface area (Å²) in [7, 11) is 0. The van der Waals surface area contributed by atoms with E-state index in [0.29, 0.717) is 76.4 Å². The summed E-state index contributed by atoms with van der Waals surface area (Å²) in [6, 6.07) is 9.71. The molecule has 1 aromatic heterocycles. The van der Waals surface area contributed by atoms with Crippen LogP contribution in [0.4, 0.5) is 27.2 Å². The molecule has 4 rings (SSSR count). The molecule has 1 saturated heterocycles. The molecule has 0 spiro atoms. The molecule has 3 amide bonds. The zero-order chi connectivity index (χ0) is 38.8. The summed E-state index contributed by atoms with van der Waals surface area (Å²) in [5.74, 6) is -0.262. The fourth-order valence-electron chi connectivity index (χ4n) is 6.41. The van der Waals surface area contributed by atoms with Crippen LogP contribution in [0.5, 0.6) is 0 Å². The summed E-state index contributed by atoms with van der Waals surface area (Å²) < 4.78 is 11.5. The molecule has 53 heavy (non-hydrogen) atoms. The summed E-state index contributed by atoms with van der Waals surface area (Å²) in [4.78, 5) is 65.7. The minimum Gasteiger partial charge on any atom is -0.481 e. The second-order valence-electron chi connectivity index (χ2n) is 15.8. The Hall–Kier alpha value is -4.82. The van der Waals surface area contributed by atoms with Crippen molar-refractivity contribution in [3.05, 3.63) is 41.5 Å². The van der Waals surface area contributed by atoms with Gasteiger partial charge in [0.25, 0.3) is 0 Å². The summed E-state index contributed by atoms with van der Waals surface area (Å²) in [6.07, 6.45) is 4.62. The number of piperazine rings is 1. The van der Waals surface area contributed by atoms with Gasteiger partial charge in [-0.25, -0.2) is 9.59 Å². The van der Waals surface area contributed by atoms with Crippen LogP contribution in [0.25, 0.3) is 0 Å². The first-order valence-corrected chi connectivity index (χ1v) is 18.6. The average molecular weight is 739 g/mol. The van der Waals surface area contributed by atoms with E-state index in [1.807, 2.05) is 75.6 Å². The van der Waals surface area contributed by atoms with Crippen molar-refractivity contribution < 1.29 is 33.8 Å². The standard InChI is InChI=1S/C38H58N8O7/c1-37(2,3)52-35(50)45(17-10-18-46(29-11-8-7-9-12-29)36(51)53-38(4,5)6)26-28-15-13-27(14-16-28)25-40-34-41-30(39)23-31(42-34)43-19-21-44(22-20-43)32(47)24-33(48)49/h13-16,23,29H,7-12,17-22,24-26H2,1-6H3,(H,48,49)(H3,39,40,41,42). The van der Waals surface area contributed by atoms with Gasteiger partial charge in [0.1, 0.15) is 29.3 Å². The van der Waals surface area contributed by atoms with Crippen LogP contribution in [0.15, 0.2) is 30.3 Å². The topological polar surface area (TPSA) is 184 Å². The van der Waals surface area contributed by atoms with Gasteiger partial charge in [-0.05, 0) is 71.9 Å². The molecule has 0 bridgehead atoms. The quantitative estimate of drug-likeness (QED) is 0.220. The highest BCUT2D eigenvalue weighted by atomic mass is 16.6. The first-order chi connectivity index (χ1) is 25.0. The average Bonchev–Trinajstić information content (AvgIpc) is 3.07. The molecule has 1 aliphatic carbocycles. The molecule has 0 atom stereocenters. The number of benzene rings is 1. The fourth-order valence-corrected chi connectivity index (χ4v) is 6.41. The Kier molecular flexibility index (Phi) is 14.1. The summed E-state index contributed by atoms with van der Waals surface area (Å²) in [5.41, 5.74) is 6.75. The molecule has 0 unspecified atom stereocenters. The van der Waals surface area contributed by atoms with Gasteiger partial charge >= 0.3 is 18.2 Å². The molecular formula is C38H58N8O7. The number of anilines is 3. The SMILES string of the molecule is CC(C)(C)OC(=O)N(CCCN(C(=O)OC(C)(C)C)C1CCCCC1)Cc1ccc(CNc2nc(N)cc(N3CCN(C(=O)CC(=O)O)CC3)n2)cc1. The van der Waals surface area contributed by atoms with Gasteiger partial charge in [-0.3, -0.25) is 9.59 Å². The molecular weight excluding hydrogens is 680 g/mol. The minimum absolute atomic E-state index is 0.138. The zero-order valence-corrected chi connectivity index (χ0v) is 32.2. The van der Waals surface area contributed by atoms with E-state index in [2.05, 4.69) is 15.3 Å². The van der Waals surface area contributed by atoms with Crippen LogP contribution in [0, 0.1) is 0 Å². The molecule has 1 saturated carbocycles. The lowest BCUT2D eigenvalue weighted by atomic mass is 9.94. The van der Waals surface area contributed by atoms with E-state index < -0.39 is 35.6 Å². The summed E-state index contributed by atoms with van der Waals surface area (Å²) in [6.45, 7) is 14.6. The number of hydrogen-bond acceptors (Lipinski definition) is 11. The van der Waals surface area contributed by atoms with Crippen molar-refractivity contribution in [1.82, 2.24) is 24.7 Å². The molecule has 2 aliphatic rings. The fraction of sp³-hybridized carbons (Fsp3) is 0.632. The highest BCUT2D eigenvalue weighted by molar-refractivity contribution is 5.93. The number of carbonyl (C=O) groups is 4. The summed E-state index contributed by atoms with van der Waals surface area (Å²) >= 11 is 0. The Balaban J connectivity index is 1.36. The molecule has 2 heterocycles. The van der Waals surface area contributed by atoms with Gasteiger partial charge in [-0.1, -0.05) is 43.5 Å². The highest BCUT2D eigenvalue weighted by Crippen LogP contribution is 2.25. The predicted octanol–water partition coefficient (Wildman–Crippen LogP) is 5.49. The Bertz CT molecular complexity index is 1540. The molecule has 15 heteroatoms. The van der Waals surface area contributed by atoms with Crippen LogP contribution in [0.1, 0.15) is 97.6 Å². The first-order valence-electron chi connectivity index (χ1n) is 18.6. The number of ether oxygens (including phenoxy) is 2. The van der Waals surface area contributed by atoms with Gasteiger partial charge in [-0.2, -0.15) is 9.97 Å². The van der Waals surface area contributed by atoms with Crippen molar-refractivity contribution in [2.24, 2.45) is 0 Å². The second kappa shape index (κ2) is 18.3. The number of rotatable bonds is 13. The van der Waals surface area contributed by atoms with Crippen molar-refractivity contribution in [3.63, 3.8) is 0 Å². The Labute approximate surface area is 313 Å². The maximum atomic E-state index is 13.4. The molecule has 15 nitrogen and oxygen atoms in total. The Morgan fingerprint density at radius 2 is 1.47 bits per heavy atom. The van der Waals surface area contributed by atoms with E-state index in [4.69, 9.17) is 20.3 Å². The van der Waals surface area contributed by atoms with Crippen LogP contribution >= 0.6 is 0 Å². The number of nitrogen functional groups attached to an aromatic ring is 1. The van der Waals surface area contributed by atoms with Crippen molar-refractivity contribution >= 4 is 41.6 Å². The molecule has 0 radical (unpaired) electrons. The van der Waals surface area contributed by atoms with Gasteiger partial charge in [0.2, 0.25) is 11.9 Å². The normalized spacial score (nSPS) is 15.4. The maximum Gasteiger partial charge on any atom is 0.410 e. The van der Waals surface area contributed by atoms with E-state index in [-0.39, 0.29) is 12.1 Å². The van der Waals surface area contributed by atoms with E-state index in [9.17, 15) is 19.2 Å². The van der Waals surface area contributed by atoms with Crippen LogP contribution in [-0.4, -0.2) is 110 Å². The van der Waals surface area contributed by atoms with E-state index >= 15 is 0 Å². The Morgan fingerprint density at radius 3 is 2.08 bits per heavy atom. The number of nitrogens with one attached hydrogen (secondary N) is 1. The van der Waals surface area contributed by atoms with E-state index in [1.165, 1.54) is 6.42 Å². The van der Waals surface area contributed by atoms with Crippen LogP contribution in [-0.2, 0) is 32.2 Å². The second-order valence-corrected chi connectivity index (χ2v) is 15.8. The Morgan fingerprint density at radius 1 is 0.868 bits per heavy atom. The molecule has 2 fully saturated rings. The third-order valence-corrected chi connectivity index (χ3v) is 8.96. The molecule has 1 aromatic carbocycles. The van der Waals surface area contributed by atoms with Crippen molar-refractivity contribution in [2.75, 3.05) is 55.2 Å². The predicted molar refractivity (Wildman–Crippen MR) is 202 cm³/mol. The molecule has 4 N–H and O–H groups in total. The molecule has 2 aromatic rings. The lowest BCUT2D eigenvalue weighted by Crippen LogP contribution is -2.49. The smallest absolute Gasteiger partial charge is 0.410 e. The number of nitrogens with two attached hydrogens (primary N) is 1. The maximum absolute atomic E-state index is 13.4. The summed E-state index contributed by atoms with van der Waals surface area (Å²) in [5, 5.41) is 12.2. The van der Waals surface area contributed by atoms with Crippen molar-refractivity contribution in [1.29, 1.82) is 0 Å². The highest BCUT2D eigenvalue weighted by Gasteiger charge is 2.30. The van der Waals surface area contributed by atoms with Gasteiger partial charge in [-0.15, -0.1) is 0 Å². The number of carboxylic acids is 1. The number of carbonyl (C=O) groups excluding carboxylic acids is 3. The lowest BCUT2D eigenvalue weighted by Gasteiger charge is -2.36. The number of aromatic nitrogens is 2. The van der Waals surface area contributed by atoms with Gasteiger partial charge in [0, 0.05) is 64.5 Å². The number of aliphatic carboxylic acids is 1. The number of nitrogens with zero attached hydrogens (tertiary/aromatic N) is 6. The lowest BCUT2D eigenvalue weighted by molar-refractivity contribution is -0.144. The first kappa shape index (κ1) is 40.9. The third kappa shape index (κ3) is 13.6. The minimum atomic E-state index is -1.14. The van der Waals surface area contributed by atoms with Crippen LogP contribution < -0.4 is 16.0 Å². The number of hydrogen-bond donors (Lipinski definition) is 3. The van der Waals surface area contributed by atoms with E-state index in [1.54, 1.807) is 15.9 Å². The third-order valence-electron chi connectivity index (χ3n) is 8.96. The van der Waals surface area contributed by atoms with Crippen molar-refractivity contribution in [2.45, 2.75) is 117 Å². The van der Waals surface area contributed by atoms with Crippen molar-refractivity contribution in [3.8, 4) is 0 Å². The van der Waals surface area contributed by atoms with Crippen LogP contribution in [0.3, 0.4) is 0 Å². The van der Waals surface area contributed by atoms with Gasteiger partial charge in [0.15, 0.2) is 0 Å². The molecule has 1 aliphatic heterocycles. The number of amides is 3. The largest absolute Gasteiger partial charge is 0.481 e. The van der Waals surface area contributed by atoms with Gasteiger partial charge in [0.05, 0.1) is 0 Å². The van der Waals surface area contributed by atoms with Gasteiger partial charge < -0.3 is 45.2 Å². The monoisotopic (exact) mass is 738 g/mol. The number of carboxylic acid groups (broad SMARTS) is 1. The van der Waals surface area contributed by atoms with E-state index in [0.717, 1.165) is 36.8 Å². The zero-order valence-electron chi connectivity index (χ0n) is 32.2.